The molecule has 2 aromatic rings. The van der Waals surface area contributed by atoms with E-state index in [-0.39, 0.29) is 12.3 Å². The summed E-state index contributed by atoms with van der Waals surface area (Å²) in [5.74, 6) is 0.548. The van der Waals surface area contributed by atoms with Crippen molar-refractivity contribution >= 4 is 23.5 Å². The molecule has 0 aliphatic rings. The van der Waals surface area contributed by atoms with Gasteiger partial charge in [0.1, 0.15) is 5.75 Å². The molecule has 1 heterocycles. The minimum Gasteiger partial charge on any atom is -0.494 e. The normalized spacial score (nSPS) is 12.3. The number of carbonyl (C=O) groups is 1. The predicted molar refractivity (Wildman–Crippen MR) is 91.9 cm³/mol. The number of amides is 1. The molecule has 0 aliphatic heterocycles. The molecule has 0 aliphatic carbocycles. The molecule has 0 bridgehead atoms. The van der Waals surface area contributed by atoms with Gasteiger partial charge in [0, 0.05) is 11.3 Å². The summed E-state index contributed by atoms with van der Waals surface area (Å²) in [4.78, 5) is 12.7. The third-order valence-electron chi connectivity index (χ3n) is 3.14. The summed E-state index contributed by atoms with van der Waals surface area (Å²) in [6.45, 7) is 2.52. The van der Waals surface area contributed by atoms with Crippen LogP contribution in [0.2, 0.25) is 0 Å². The van der Waals surface area contributed by atoms with Gasteiger partial charge >= 0.3 is 0 Å². The van der Waals surface area contributed by atoms with Gasteiger partial charge in [-0.05, 0) is 42.5 Å². The van der Waals surface area contributed by atoms with Gasteiger partial charge in [-0.25, -0.2) is 5.43 Å². The molecule has 1 amide bonds. The fourth-order valence-electron chi connectivity index (χ4n) is 1.98. The first-order chi connectivity index (χ1) is 11.2. The van der Waals surface area contributed by atoms with Crippen LogP contribution in [0, 0.1) is 0 Å². The number of nitrogens with zero attached hydrogens (tertiary/aromatic N) is 1. The highest BCUT2D eigenvalue weighted by Crippen LogP contribution is 2.21. The molecule has 0 spiro atoms. The van der Waals surface area contributed by atoms with Gasteiger partial charge in [-0.2, -0.15) is 5.10 Å². The van der Waals surface area contributed by atoms with Crippen molar-refractivity contribution in [3.8, 4) is 5.75 Å². The zero-order chi connectivity index (χ0) is 16.5. The van der Waals surface area contributed by atoms with Gasteiger partial charge in [-0.3, -0.25) is 4.79 Å². The number of hydrogen-bond acceptors (Lipinski definition) is 5. The zero-order valence-corrected chi connectivity index (χ0v) is 13.8. The van der Waals surface area contributed by atoms with E-state index in [0.717, 1.165) is 16.2 Å². The van der Waals surface area contributed by atoms with Crippen molar-refractivity contribution in [3.63, 3.8) is 0 Å². The van der Waals surface area contributed by atoms with Crippen molar-refractivity contribution in [2.75, 3.05) is 6.61 Å². The van der Waals surface area contributed by atoms with Crippen LogP contribution in [0.4, 0.5) is 0 Å². The van der Waals surface area contributed by atoms with E-state index in [2.05, 4.69) is 10.5 Å². The lowest BCUT2D eigenvalue weighted by Crippen LogP contribution is -2.18. The number of ether oxygens (including phenoxy) is 1. The summed E-state index contributed by atoms with van der Waals surface area (Å²) >= 11 is 1.54. The predicted octanol–water partition coefficient (Wildman–Crippen LogP) is 3.11. The molecular formula is C17H20N2O3S. The number of aliphatic hydroxyl groups excluding tert-OH is 1. The molecule has 2 N–H and O–H groups in total. The number of hydrogen-bond donors (Lipinski definition) is 2. The molecule has 0 unspecified atom stereocenters. The van der Waals surface area contributed by atoms with Crippen molar-refractivity contribution < 1.29 is 14.6 Å². The Morgan fingerprint density at radius 3 is 2.83 bits per heavy atom. The molecule has 23 heavy (non-hydrogen) atoms. The van der Waals surface area contributed by atoms with Crippen LogP contribution in [0.15, 0.2) is 46.9 Å². The number of benzene rings is 1. The first kappa shape index (κ1) is 17.2. The van der Waals surface area contributed by atoms with E-state index in [9.17, 15) is 9.90 Å². The van der Waals surface area contributed by atoms with Crippen LogP contribution in [0.5, 0.6) is 5.75 Å². The van der Waals surface area contributed by atoms with Crippen molar-refractivity contribution in [1.29, 1.82) is 0 Å². The number of aliphatic hydroxyl groups is 1. The molecule has 0 saturated heterocycles. The standard InChI is InChI=1S/C17H20N2O3S/c1-2-22-14-7-5-13(6-8-14)16(20)9-10-17(21)19-18-12-15-4-3-11-23-15/h3-8,11-12,16,20H,2,9-10H2,1H3,(H,19,21)/b18-12-/t16-/m0/s1. The Hall–Kier alpha value is -2.18. The molecule has 122 valence electrons. The third kappa shape index (κ3) is 5.84. The maximum Gasteiger partial charge on any atom is 0.240 e. The number of carbonyl (C=O) groups excluding carboxylic acids is 1. The molecule has 0 saturated carbocycles. The fraction of sp³-hybridized carbons (Fsp3) is 0.294. The zero-order valence-electron chi connectivity index (χ0n) is 12.9. The Kier molecular flexibility index (Phi) is 6.77. The van der Waals surface area contributed by atoms with Crippen LogP contribution < -0.4 is 10.2 Å². The molecule has 6 heteroatoms. The molecule has 1 aromatic heterocycles. The molecule has 5 nitrogen and oxygen atoms in total. The summed E-state index contributed by atoms with van der Waals surface area (Å²) < 4.78 is 5.35. The van der Waals surface area contributed by atoms with Crippen molar-refractivity contribution in [1.82, 2.24) is 5.43 Å². The molecular weight excluding hydrogens is 312 g/mol. The van der Waals surface area contributed by atoms with E-state index in [0.29, 0.717) is 13.0 Å². The van der Waals surface area contributed by atoms with Gasteiger partial charge in [-0.15, -0.1) is 11.3 Å². The van der Waals surface area contributed by atoms with E-state index in [1.165, 1.54) is 0 Å². The second-order valence-electron chi connectivity index (χ2n) is 4.87. The first-order valence-corrected chi connectivity index (χ1v) is 8.33. The van der Waals surface area contributed by atoms with Crippen LogP contribution >= 0.6 is 11.3 Å². The Morgan fingerprint density at radius 1 is 1.39 bits per heavy atom. The van der Waals surface area contributed by atoms with Crippen LogP contribution in [-0.2, 0) is 4.79 Å². The molecule has 1 aromatic carbocycles. The van der Waals surface area contributed by atoms with Crippen molar-refractivity contribution in [3.05, 3.63) is 52.2 Å². The second kappa shape index (κ2) is 9.07. The average Bonchev–Trinajstić information content (AvgIpc) is 3.07. The highest BCUT2D eigenvalue weighted by molar-refractivity contribution is 7.11. The first-order valence-electron chi connectivity index (χ1n) is 7.45. The lowest BCUT2D eigenvalue weighted by atomic mass is 10.0. The molecule has 0 fully saturated rings. The van der Waals surface area contributed by atoms with Crippen molar-refractivity contribution in [2.45, 2.75) is 25.9 Å². The number of rotatable bonds is 8. The number of nitrogens with one attached hydrogen (secondary N) is 1. The minimum atomic E-state index is -0.683. The van der Waals surface area contributed by atoms with Gasteiger partial charge < -0.3 is 9.84 Å². The second-order valence-corrected chi connectivity index (χ2v) is 5.84. The van der Waals surface area contributed by atoms with E-state index < -0.39 is 6.10 Å². The number of thiophene rings is 1. The molecule has 0 radical (unpaired) electrons. The average molecular weight is 332 g/mol. The molecule has 1 atom stereocenters. The lowest BCUT2D eigenvalue weighted by molar-refractivity contribution is -0.121. The summed E-state index contributed by atoms with van der Waals surface area (Å²) in [5, 5.41) is 15.9. The minimum absolute atomic E-state index is 0.205. The summed E-state index contributed by atoms with van der Waals surface area (Å²) in [5.41, 5.74) is 3.23. The van der Waals surface area contributed by atoms with Gasteiger partial charge in [-0.1, -0.05) is 18.2 Å². The maximum absolute atomic E-state index is 11.7. The quantitative estimate of drug-likeness (QED) is 0.576. The Morgan fingerprint density at radius 2 is 2.17 bits per heavy atom. The molecule has 2 rings (SSSR count). The van der Waals surface area contributed by atoms with Gasteiger partial charge in [0.25, 0.3) is 0 Å². The van der Waals surface area contributed by atoms with Crippen LogP contribution in [0.25, 0.3) is 0 Å². The highest BCUT2D eigenvalue weighted by Gasteiger charge is 2.10. The lowest BCUT2D eigenvalue weighted by Gasteiger charge is -2.11. The Bertz CT molecular complexity index is 624. The van der Waals surface area contributed by atoms with Gasteiger partial charge in [0.15, 0.2) is 0 Å². The van der Waals surface area contributed by atoms with E-state index in [1.807, 2.05) is 48.7 Å². The van der Waals surface area contributed by atoms with E-state index in [4.69, 9.17) is 4.74 Å². The summed E-state index contributed by atoms with van der Waals surface area (Å²) in [7, 11) is 0. The maximum atomic E-state index is 11.7. The highest BCUT2D eigenvalue weighted by atomic mass is 32.1. The summed E-state index contributed by atoms with van der Waals surface area (Å²) in [6.07, 6.45) is 1.47. The van der Waals surface area contributed by atoms with Crippen LogP contribution in [0.3, 0.4) is 0 Å². The monoisotopic (exact) mass is 332 g/mol. The fourth-order valence-corrected chi connectivity index (χ4v) is 2.56. The largest absolute Gasteiger partial charge is 0.494 e. The van der Waals surface area contributed by atoms with Crippen molar-refractivity contribution in [2.24, 2.45) is 5.10 Å². The van der Waals surface area contributed by atoms with Gasteiger partial charge in [0.2, 0.25) is 5.91 Å². The van der Waals surface area contributed by atoms with Crippen LogP contribution in [-0.4, -0.2) is 23.8 Å². The topological polar surface area (TPSA) is 70.9 Å². The Balaban J connectivity index is 1.74. The summed E-state index contributed by atoms with van der Waals surface area (Å²) in [6, 6.07) is 11.1. The van der Waals surface area contributed by atoms with E-state index >= 15 is 0 Å². The van der Waals surface area contributed by atoms with Crippen LogP contribution in [0.1, 0.15) is 36.3 Å². The number of hydrazone groups is 1. The SMILES string of the molecule is CCOc1ccc([C@@H](O)CCC(=O)N/N=C\c2cccs2)cc1. The third-order valence-corrected chi connectivity index (χ3v) is 3.95. The smallest absolute Gasteiger partial charge is 0.240 e. The Labute approximate surface area is 139 Å². The van der Waals surface area contributed by atoms with E-state index in [1.54, 1.807) is 17.6 Å². The van der Waals surface area contributed by atoms with Gasteiger partial charge in [0.05, 0.1) is 18.9 Å².